The largest absolute Gasteiger partial charge is 0.398 e. The van der Waals surface area contributed by atoms with Gasteiger partial charge in [0.2, 0.25) is 0 Å². The molecule has 0 aliphatic heterocycles. The molecule has 0 radical (unpaired) electrons. The third kappa shape index (κ3) is 2.51. The van der Waals surface area contributed by atoms with Gasteiger partial charge in [0, 0.05) is 11.3 Å². The topological polar surface area (TPSA) is 90.3 Å². The van der Waals surface area contributed by atoms with Crippen molar-refractivity contribution < 1.29 is 10.2 Å². The number of aliphatic hydroxyl groups excluding tert-OH is 2. The van der Waals surface area contributed by atoms with Crippen molar-refractivity contribution in [3.8, 4) is 6.07 Å². The first-order chi connectivity index (χ1) is 7.47. The smallest absolute Gasteiger partial charge is 0.170 e. The normalized spacial score (nSPS) is 14.5. The Morgan fingerprint density at radius 2 is 1.94 bits per heavy atom. The Bertz CT molecular complexity index is 410. The minimum Gasteiger partial charge on any atom is -0.398 e. The van der Waals surface area contributed by atoms with E-state index in [0.717, 1.165) is 5.56 Å². The van der Waals surface area contributed by atoms with Crippen molar-refractivity contribution in [1.82, 2.24) is 0 Å². The van der Waals surface area contributed by atoms with Crippen molar-refractivity contribution >= 4 is 5.69 Å². The molecule has 0 aliphatic rings. The summed E-state index contributed by atoms with van der Waals surface area (Å²) in [6.45, 7) is 4.03. The summed E-state index contributed by atoms with van der Waals surface area (Å²) >= 11 is 0. The van der Waals surface area contributed by atoms with Crippen molar-refractivity contribution in [2.75, 3.05) is 5.73 Å². The van der Waals surface area contributed by atoms with Crippen LogP contribution in [0.5, 0.6) is 0 Å². The summed E-state index contributed by atoms with van der Waals surface area (Å²) < 4.78 is 0. The van der Waals surface area contributed by atoms with Gasteiger partial charge >= 0.3 is 0 Å². The molecule has 2 atom stereocenters. The first kappa shape index (κ1) is 12.5. The van der Waals surface area contributed by atoms with Gasteiger partial charge in [0.05, 0.1) is 6.07 Å². The second-order valence-electron chi connectivity index (χ2n) is 4.06. The van der Waals surface area contributed by atoms with E-state index < -0.39 is 12.2 Å². The lowest BCUT2D eigenvalue weighted by atomic mass is 9.95. The number of nitriles is 1. The van der Waals surface area contributed by atoms with E-state index in [9.17, 15) is 10.2 Å². The fourth-order valence-corrected chi connectivity index (χ4v) is 1.45. The first-order valence-corrected chi connectivity index (χ1v) is 5.12. The SMILES string of the molecule is CC(C)c1ccc(N)c(C(O)C(O)C#N)c1. The van der Waals surface area contributed by atoms with Crippen LogP contribution in [0.15, 0.2) is 18.2 Å². The van der Waals surface area contributed by atoms with Crippen LogP contribution in [0.25, 0.3) is 0 Å². The number of nitrogens with two attached hydrogens (primary N) is 1. The standard InChI is InChI=1S/C12H16N2O2/c1-7(2)8-3-4-10(14)9(5-8)12(16)11(15)6-13/h3-5,7,11-12,15-16H,14H2,1-2H3. The molecule has 0 aromatic heterocycles. The summed E-state index contributed by atoms with van der Waals surface area (Å²) in [6, 6.07) is 6.87. The Kier molecular flexibility index (Phi) is 3.88. The Balaban J connectivity index is 3.12. The van der Waals surface area contributed by atoms with E-state index in [-0.39, 0.29) is 0 Å². The van der Waals surface area contributed by atoms with E-state index in [0.29, 0.717) is 17.2 Å². The molecule has 86 valence electrons. The molecule has 2 unspecified atom stereocenters. The number of nitrogen functional groups attached to an aromatic ring is 1. The molecule has 4 N–H and O–H groups in total. The number of rotatable bonds is 3. The highest BCUT2D eigenvalue weighted by Crippen LogP contribution is 2.27. The average molecular weight is 220 g/mol. The predicted octanol–water partition coefficient (Wildman–Crippen LogP) is 1.31. The Labute approximate surface area is 94.9 Å². The Morgan fingerprint density at radius 3 is 2.44 bits per heavy atom. The van der Waals surface area contributed by atoms with Gasteiger partial charge in [0.25, 0.3) is 0 Å². The van der Waals surface area contributed by atoms with E-state index >= 15 is 0 Å². The number of nitrogens with zero attached hydrogens (tertiary/aromatic N) is 1. The zero-order valence-corrected chi connectivity index (χ0v) is 9.38. The molecule has 0 fully saturated rings. The van der Waals surface area contributed by atoms with Gasteiger partial charge in [-0.25, -0.2) is 0 Å². The lowest BCUT2D eigenvalue weighted by Crippen LogP contribution is -2.17. The van der Waals surface area contributed by atoms with Crippen LogP contribution < -0.4 is 5.73 Å². The third-order valence-electron chi connectivity index (χ3n) is 2.53. The molecule has 1 aromatic carbocycles. The number of aliphatic hydroxyl groups is 2. The molecular weight excluding hydrogens is 204 g/mol. The molecule has 0 amide bonds. The minimum atomic E-state index is -1.45. The molecule has 16 heavy (non-hydrogen) atoms. The molecular formula is C12H16N2O2. The fraction of sp³-hybridized carbons (Fsp3) is 0.417. The van der Waals surface area contributed by atoms with E-state index in [4.69, 9.17) is 11.0 Å². The summed E-state index contributed by atoms with van der Waals surface area (Å²) in [7, 11) is 0. The van der Waals surface area contributed by atoms with Gasteiger partial charge in [-0.15, -0.1) is 0 Å². The van der Waals surface area contributed by atoms with Crippen LogP contribution in [-0.4, -0.2) is 16.3 Å². The van der Waals surface area contributed by atoms with Crippen molar-refractivity contribution in [1.29, 1.82) is 5.26 Å². The lowest BCUT2D eigenvalue weighted by molar-refractivity contribution is 0.0532. The number of anilines is 1. The second kappa shape index (κ2) is 4.97. The van der Waals surface area contributed by atoms with Gasteiger partial charge in [0.15, 0.2) is 6.10 Å². The number of hydrogen-bond acceptors (Lipinski definition) is 4. The van der Waals surface area contributed by atoms with Crippen molar-refractivity contribution in [2.45, 2.75) is 32.0 Å². The van der Waals surface area contributed by atoms with Crippen LogP contribution in [0.3, 0.4) is 0 Å². The van der Waals surface area contributed by atoms with Gasteiger partial charge in [-0.1, -0.05) is 26.0 Å². The van der Waals surface area contributed by atoms with Gasteiger partial charge in [-0.05, 0) is 17.5 Å². The highest BCUT2D eigenvalue weighted by molar-refractivity contribution is 5.51. The molecule has 1 rings (SSSR count). The van der Waals surface area contributed by atoms with E-state index in [2.05, 4.69) is 0 Å². The van der Waals surface area contributed by atoms with Gasteiger partial charge < -0.3 is 15.9 Å². The van der Waals surface area contributed by atoms with Crippen LogP contribution in [0, 0.1) is 11.3 Å². The first-order valence-electron chi connectivity index (χ1n) is 5.12. The minimum absolute atomic E-state index is 0.297. The second-order valence-corrected chi connectivity index (χ2v) is 4.06. The van der Waals surface area contributed by atoms with E-state index in [1.807, 2.05) is 19.9 Å². The van der Waals surface area contributed by atoms with Crippen LogP contribution in [0.2, 0.25) is 0 Å². The van der Waals surface area contributed by atoms with Gasteiger partial charge in [0.1, 0.15) is 6.10 Å². The van der Waals surface area contributed by atoms with Crippen molar-refractivity contribution in [2.24, 2.45) is 0 Å². The maximum atomic E-state index is 9.72. The molecule has 0 spiro atoms. The molecule has 0 saturated heterocycles. The number of benzene rings is 1. The molecule has 4 heteroatoms. The average Bonchev–Trinajstić information content (AvgIpc) is 2.27. The summed E-state index contributed by atoms with van der Waals surface area (Å²) in [4.78, 5) is 0. The summed E-state index contributed by atoms with van der Waals surface area (Å²) in [5.74, 6) is 0.297. The van der Waals surface area contributed by atoms with E-state index in [1.54, 1.807) is 18.2 Å². The quantitative estimate of drug-likeness (QED) is 0.529. The molecule has 0 aliphatic carbocycles. The predicted molar refractivity (Wildman–Crippen MR) is 61.5 cm³/mol. The monoisotopic (exact) mass is 220 g/mol. The van der Waals surface area contributed by atoms with Crippen LogP contribution >= 0.6 is 0 Å². The fourth-order valence-electron chi connectivity index (χ4n) is 1.45. The Morgan fingerprint density at radius 1 is 1.31 bits per heavy atom. The number of hydrogen-bond donors (Lipinski definition) is 3. The van der Waals surface area contributed by atoms with Crippen molar-refractivity contribution in [3.63, 3.8) is 0 Å². The maximum absolute atomic E-state index is 9.72. The summed E-state index contributed by atoms with van der Waals surface area (Å²) in [5.41, 5.74) is 7.49. The highest BCUT2D eigenvalue weighted by Gasteiger charge is 2.20. The van der Waals surface area contributed by atoms with E-state index in [1.165, 1.54) is 0 Å². The zero-order valence-electron chi connectivity index (χ0n) is 9.38. The van der Waals surface area contributed by atoms with Gasteiger partial charge in [-0.2, -0.15) is 5.26 Å². The van der Waals surface area contributed by atoms with Crippen LogP contribution in [0.1, 0.15) is 37.0 Å². The summed E-state index contributed by atoms with van der Waals surface area (Å²) in [6.07, 6.45) is -2.71. The van der Waals surface area contributed by atoms with Gasteiger partial charge in [-0.3, -0.25) is 0 Å². The maximum Gasteiger partial charge on any atom is 0.170 e. The van der Waals surface area contributed by atoms with Crippen molar-refractivity contribution in [3.05, 3.63) is 29.3 Å². The summed E-state index contributed by atoms with van der Waals surface area (Å²) in [5, 5.41) is 27.5. The molecule has 0 bridgehead atoms. The van der Waals surface area contributed by atoms with Crippen LogP contribution in [0.4, 0.5) is 5.69 Å². The molecule has 4 nitrogen and oxygen atoms in total. The third-order valence-corrected chi connectivity index (χ3v) is 2.53. The molecule has 0 heterocycles. The lowest BCUT2D eigenvalue weighted by Gasteiger charge is -2.16. The van der Waals surface area contributed by atoms with Crippen LogP contribution in [-0.2, 0) is 0 Å². The zero-order chi connectivity index (χ0) is 12.3. The highest BCUT2D eigenvalue weighted by atomic mass is 16.3. The molecule has 1 aromatic rings. The Hall–Kier alpha value is -1.57. The molecule has 0 saturated carbocycles.